The lowest BCUT2D eigenvalue weighted by molar-refractivity contribution is 0.102. The molecular formula is C14H17N3O3. The number of ether oxygens (including phenoxy) is 2. The summed E-state index contributed by atoms with van der Waals surface area (Å²) in [7, 11) is 1.58. The Morgan fingerprint density at radius 1 is 1.40 bits per heavy atom. The zero-order chi connectivity index (χ0) is 14.4. The van der Waals surface area contributed by atoms with Crippen molar-refractivity contribution in [2.24, 2.45) is 0 Å². The Balaban J connectivity index is 2.11. The fraction of sp³-hybridized carbons (Fsp3) is 0.286. The van der Waals surface area contributed by atoms with Gasteiger partial charge in [0.15, 0.2) is 0 Å². The van der Waals surface area contributed by atoms with Gasteiger partial charge >= 0.3 is 0 Å². The molecule has 1 aromatic heterocycles. The van der Waals surface area contributed by atoms with Crippen LogP contribution in [0.25, 0.3) is 0 Å². The number of hydrogen-bond acceptors (Lipinski definition) is 4. The summed E-state index contributed by atoms with van der Waals surface area (Å²) in [6.07, 6.45) is 3.27. The molecule has 0 aliphatic heterocycles. The van der Waals surface area contributed by atoms with E-state index in [2.05, 4.69) is 10.4 Å². The van der Waals surface area contributed by atoms with E-state index in [1.165, 1.54) is 0 Å². The van der Waals surface area contributed by atoms with Crippen LogP contribution >= 0.6 is 0 Å². The molecule has 6 heteroatoms. The van der Waals surface area contributed by atoms with Gasteiger partial charge in [0.05, 0.1) is 30.3 Å². The summed E-state index contributed by atoms with van der Waals surface area (Å²) in [6, 6.07) is 7.12. The first-order valence-electron chi connectivity index (χ1n) is 6.29. The third kappa shape index (κ3) is 3.36. The van der Waals surface area contributed by atoms with Crippen molar-refractivity contribution >= 4 is 11.6 Å². The maximum absolute atomic E-state index is 12.2. The Kier molecular flexibility index (Phi) is 4.73. The Hall–Kier alpha value is -2.34. The molecule has 0 spiro atoms. The Morgan fingerprint density at radius 3 is 2.95 bits per heavy atom. The average molecular weight is 275 g/mol. The van der Waals surface area contributed by atoms with Gasteiger partial charge in [-0.2, -0.15) is 5.10 Å². The minimum atomic E-state index is -0.231. The van der Waals surface area contributed by atoms with Crippen molar-refractivity contribution in [2.75, 3.05) is 19.0 Å². The number of carbonyl (C=O) groups is 1. The van der Waals surface area contributed by atoms with Crippen molar-refractivity contribution in [3.63, 3.8) is 0 Å². The molecule has 0 radical (unpaired) electrons. The standard InChI is InChI=1S/C14H17N3O3/c1-3-20-13-7-5-4-6-12(13)14(18)16-11-8-15-17(9-11)10-19-2/h4-9H,3,10H2,1-2H3,(H,16,18). The number of para-hydroxylation sites is 1. The summed E-state index contributed by atoms with van der Waals surface area (Å²) < 4.78 is 12.0. The van der Waals surface area contributed by atoms with E-state index in [4.69, 9.17) is 9.47 Å². The van der Waals surface area contributed by atoms with Crippen LogP contribution in [0.3, 0.4) is 0 Å². The molecule has 2 rings (SSSR count). The number of nitrogens with one attached hydrogen (secondary N) is 1. The van der Waals surface area contributed by atoms with Crippen molar-refractivity contribution in [3.05, 3.63) is 42.2 Å². The fourth-order valence-electron chi connectivity index (χ4n) is 1.77. The average Bonchev–Trinajstić information content (AvgIpc) is 2.87. The zero-order valence-electron chi connectivity index (χ0n) is 11.5. The Bertz CT molecular complexity index is 581. The number of amides is 1. The molecule has 20 heavy (non-hydrogen) atoms. The minimum absolute atomic E-state index is 0.231. The second-order valence-electron chi connectivity index (χ2n) is 4.07. The van der Waals surface area contributed by atoms with Gasteiger partial charge in [0, 0.05) is 7.11 Å². The van der Waals surface area contributed by atoms with Crippen molar-refractivity contribution in [2.45, 2.75) is 13.7 Å². The number of methoxy groups -OCH3 is 1. The van der Waals surface area contributed by atoms with Gasteiger partial charge in [-0.25, -0.2) is 4.68 Å². The predicted octanol–water partition coefficient (Wildman–Crippen LogP) is 2.14. The number of aromatic nitrogens is 2. The van der Waals surface area contributed by atoms with Crippen LogP contribution in [-0.2, 0) is 11.5 Å². The molecule has 0 fully saturated rings. The van der Waals surface area contributed by atoms with E-state index in [0.717, 1.165) is 0 Å². The van der Waals surface area contributed by atoms with Crippen molar-refractivity contribution in [1.82, 2.24) is 9.78 Å². The monoisotopic (exact) mass is 275 g/mol. The van der Waals surface area contributed by atoms with Gasteiger partial charge in [-0.15, -0.1) is 0 Å². The predicted molar refractivity (Wildman–Crippen MR) is 74.8 cm³/mol. The highest BCUT2D eigenvalue weighted by Crippen LogP contribution is 2.19. The van der Waals surface area contributed by atoms with Crippen LogP contribution in [0.5, 0.6) is 5.75 Å². The Morgan fingerprint density at radius 2 is 2.20 bits per heavy atom. The van der Waals surface area contributed by atoms with Gasteiger partial charge in [-0.1, -0.05) is 12.1 Å². The molecule has 1 N–H and O–H groups in total. The smallest absolute Gasteiger partial charge is 0.259 e. The van der Waals surface area contributed by atoms with E-state index >= 15 is 0 Å². The van der Waals surface area contributed by atoms with Gasteiger partial charge in [-0.3, -0.25) is 4.79 Å². The summed E-state index contributed by atoms with van der Waals surface area (Å²) in [5, 5.41) is 6.84. The quantitative estimate of drug-likeness (QED) is 0.877. The van der Waals surface area contributed by atoms with Crippen LogP contribution in [0.2, 0.25) is 0 Å². The molecule has 1 aromatic carbocycles. The number of nitrogens with zero attached hydrogens (tertiary/aromatic N) is 2. The van der Waals surface area contributed by atoms with Crippen molar-refractivity contribution in [1.29, 1.82) is 0 Å². The largest absolute Gasteiger partial charge is 0.493 e. The molecule has 1 heterocycles. The molecule has 0 saturated carbocycles. The van der Waals surface area contributed by atoms with Crippen LogP contribution < -0.4 is 10.1 Å². The third-order valence-electron chi connectivity index (χ3n) is 2.58. The number of hydrogen-bond donors (Lipinski definition) is 1. The fourth-order valence-corrected chi connectivity index (χ4v) is 1.77. The van der Waals surface area contributed by atoms with Gasteiger partial charge in [-0.05, 0) is 19.1 Å². The molecule has 2 aromatic rings. The molecule has 1 amide bonds. The van der Waals surface area contributed by atoms with Crippen molar-refractivity contribution < 1.29 is 14.3 Å². The molecule has 6 nitrogen and oxygen atoms in total. The highest BCUT2D eigenvalue weighted by Gasteiger charge is 2.12. The van der Waals surface area contributed by atoms with E-state index in [0.29, 0.717) is 30.3 Å². The molecular weight excluding hydrogens is 258 g/mol. The maximum atomic E-state index is 12.2. The minimum Gasteiger partial charge on any atom is -0.493 e. The van der Waals surface area contributed by atoms with Gasteiger partial charge in [0.1, 0.15) is 12.5 Å². The lowest BCUT2D eigenvalue weighted by atomic mass is 10.2. The first-order chi connectivity index (χ1) is 9.74. The van der Waals surface area contributed by atoms with Crippen LogP contribution in [0.4, 0.5) is 5.69 Å². The molecule has 0 bridgehead atoms. The molecule has 0 saturated heterocycles. The lowest BCUT2D eigenvalue weighted by Crippen LogP contribution is -2.13. The first kappa shape index (κ1) is 14.1. The summed E-state index contributed by atoms with van der Waals surface area (Å²) in [6.45, 7) is 2.73. The third-order valence-corrected chi connectivity index (χ3v) is 2.58. The number of carbonyl (C=O) groups excluding carboxylic acids is 1. The van der Waals surface area contributed by atoms with Crippen molar-refractivity contribution in [3.8, 4) is 5.75 Å². The highest BCUT2D eigenvalue weighted by molar-refractivity contribution is 6.06. The first-order valence-corrected chi connectivity index (χ1v) is 6.29. The number of anilines is 1. The van der Waals surface area contributed by atoms with Crippen LogP contribution in [-0.4, -0.2) is 29.4 Å². The van der Waals surface area contributed by atoms with Crippen LogP contribution in [0.1, 0.15) is 17.3 Å². The summed E-state index contributed by atoms with van der Waals surface area (Å²) in [5.74, 6) is 0.336. The SMILES string of the molecule is CCOc1ccccc1C(=O)Nc1cnn(COC)c1. The van der Waals surface area contributed by atoms with E-state index in [1.54, 1.807) is 42.4 Å². The normalized spacial score (nSPS) is 10.3. The Labute approximate surface area is 117 Å². The van der Waals surface area contributed by atoms with Gasteiger partial charge < -0.3 is 14.8 Å². The molecule has 0 aliphatic rings. The second kappa shape index (κ2) is 6.72. The van der Waals surface area contributed by atoms with Crippen LogP contribution in [0.15, 0.2) is 36.7 Å². The summed E-state index contributed by atoms with van der Waals surface area (Å²) in [5.41, 5.74) is 1.10. The van der Waals surface area contributed by atoms with Gasteiger partial charge in [0.2, 0.25) is 0 Å². The second-order valence-corrected chi connectivity index (χ2v) is 4.07. The lowest BCUT2D eigenvalue weighted by Gasteiger charge is -2.09. The zero-order valence-corrected chi connectivity index (χ0v) is 11.5. The summed E-state index contributed by atoms with van der Waals surface area (Å²) in [4.78, 5) is 12.2. The van der Waals surface area contributed by atoms with E-state index in [-0.39, 0.29) is 5.91 Å². The molecule has 0 unspecified atom stereocenters. The van der Waals surface area contributed by atoms with E-state index < -0.39 is 0 Å². The highest BCUT2D eigenvalue weighted by atomic mass is 16.5. The topological polar surface area (TPSA) is 65.4 Å². The number of benzene rings is 1. The maximum Gasteiger partial charge on any atom is 0.259 e. The molecule has 106 valence electrons. The van der Waals surface area contributed by atoms with Crippen LogP contribution in [0, 0.1) is 0 Å². The molecule has 0 aliphatic carbocycles. The number of rotatable bonds is 6. The summed E-state index contributed by atoms with van der Waals surface area (Å²) >= 11 is 0. The van der Waals surface area contributed by atoms with E-state index in [1.807, 2.05) is 13.0 Å². The van der Waals surface area contributed by atoms with E-state index in [9.17, 15) is 4.79 Å². The van der Waals surface area contributed by atoms with Gasteiger partial charge in [0.25, 0.3) is 5.91 Å². The molecule has 0 atom stereocenters.